The second kappa shape index (κ2) is 6.93. The summed E-state index contributed by atoms with van der Waals surface area (Å²) in [4.78, 5) is 16.8. The van der Waals surface area contributed by atoms with Gasteiger partial charge in [-0.2, -0.15) is 5.10 Å². The molecule has 24 heavy (non-hydrogen) atoms. The predicted molar refractivity (Wildman–Crippen MR) is 95.3 cm³/mol. The van der Waals surface area contributed by atoms with Crippen LogP contribution in [0.5, 0.6) is 0 Å². The number of hydrogen-bond acceptors (Lipinski definition) is 4. The number of nitrogens with one attached hydrogen (secondary N) is 2. The minimum atomic E-state index is -0.169. The Morgan fingerprint density at radius 2 is 2.12 bits per heavy atom. The standard InChI is InChI=1S/C17H25N5OS/c1-10-7-12(3)22(21-10)8-11(2)18-17(23)19-13(4)15-9-24-16(20-15)14-5-6-14/h7,9,11,13-14H,5-6,8H2,1-4H3,(H2,18,19,23)/t11-,13+/m1/s1. The normalized spacial score (nSPS) is 16.7. The maximum Gasteiger partial charge on any atom is 0.315 e. The average Bonchev–Trinajstić information content (AvgIpc) is 3.13. The maximum atomic E-state index is 12.2. The highest BCUT2D eigenvalue weighted by Crippen LogP contribution is 2.41. The number of amides is 2. The largest absolute Gasteiger partial charge is 0.334 e. The number of aryl methyl sites for hydroxylation is 2. The number of carbonyl (C=O) groups is 1. The van der Waals surface area contributed by atoms with Crippen LogP contribution in [0, 0.1) is 13.8 Å². The molecular formula is C17H25N5OS. The summed E-state index contributed by atoms with van der Waals surface area (Å²) in [7, 11) is 0. The molecule has 1 fully saturated rings. The van der Waals surface area contributed by atoms with E-state index >= 15 is 0 Å². The summed E-state index contributed by atoms with van der Waals surface area (Å²) in [5, 5.41) is 13.6. The number of carbonyl (C=O) groups excluding carboxylic acids is 1. The Morgan fingerprint density at radius 3 is 2.75 bits per heavy atom. The van der Waals surface area contributed by atoms with Crippen molar-refractivity contribution in [1.29, 1.82) is 0 Å². The summed E-state index contributed by atoms with van der Waals surface area (Å²) in [5.74, 6) is 0.658. The third-order valence-electron chi connectivity index (χ3n) is 4.19. The first kappa shape index (κ1) is 17.0. The minimum Gasteiger partial charge on any atom is -0.334 e. The highest BCUT2D eigenvalue weighted by atomic mass is 32.1. The lowest BCUT2D eigenvalue weighted by Gasteiger charge is -2.18. The molecule has 1 aliphatic rings. The Bertz CT molecular complexity index is 718. The number of aromatic nitrogens is 3. The van der Waals surface area contributed by atoms with Crippen molar-refractivity contribution in [1.82, 2.24) is 25.4 Å². The van der Waals surface area contributed by atoms with E-state index in [1.807, 2.05) is 38.4 Å². The van der Waals surface area contributed by atoms with Crippen molar-refractivity contribution in [2.24, 2.45) is 0 Å². The van der Waals surface area contributed by atoms with Crippen LogP contribution < -0.4 is 10.6 Å². The van der Waals surface area contributed by atoms with Crippen LogP contribution >= 0.6 is 11.3 Å². The Hall–Kier alpha value is -1.89. The van der Waals surface area contributed by atoms with Crippen molar-refractivity contribution in [3.05, 3.63) is 33.5 Å². The van der Waals surface area contributed by atoms with Gasteiger partial charge >= 0.3 is 6.03 Å². The maximum absolute atomic E-state index is 12.2. The van der Waals surface area contributed by atoms with Gasteiger partial charge in [-0.05, 0) is 46.6 Å². The fraction of sp³-hybridized carbons (Fsp3) is 0.588. The topological polar surface area (TPSA) is 71.8 Å². The fourth-order valence-electron chi connectivity index (χ4n) is 2.72. The monoisotopic (exact) mass is 347 g/mol. The Balaban J connectivity index is 1.49. The van der Waals surface area contributed by atoms with E-state index in [1.54, 1.807) is 11.3 Å². The highest BCUT2D eigenvalue weighted by molar-refractivity contribution is 7.09. The fourth-order valence-corrected chi connectivity index (χ4v) is 3.80. The number of hydrogen-bond donors (Lipinski definition) is 2. The molecule has 2 aromatic heterocycles. The molecule has 0 saturated heterocycles. The van der Waals surface area contributed by atoms with Gasteiger partial charge in [0.25, 0.3) is 0 Å². The van der Waals surface area contributed by atoms with Crippen LogP contribution in [0.15, 0.2) is 11.4 Å². The minimum absolute atomic E-state index is 0.00680. The first-order chi connectivity index (χ1) is 11.4. The van der Waals surface area contributed by atoms with Crippen LogP contribution in [0.4, 0.5) is 4.79 Å². The van der Waals surface area contributed by atoms with E-state index in [4.69, 9.17) is 0 Å². The smallest absolute Gasteiger partial charge is 0.315 e. The third kappa shape index (κ3) is 4.14. The Morgan fingerprint density at radius 1 is 1.38 bits per heavy atom. The molecule has 2 N–H and O–H groups in total. The second-order valence-corrected chi connectivity index (χ2v) is 7.62. The van der Waals surface area contributed by atoms with Crippen molar-refractivity contribution in [3.63, 3.8) is 0 Å². The van der Waals surface area contributed by atoms with E-state index in [0.717, 1.165) is 17.1 Å². The van der Waals surface area contributed by atoms with E-state index in [1.165, 1.54) is 17.8 Å². The van der Waals surface area contributed by atoms with Crippen LogP contribution in [-0.4, -0.2) is 26.8 Å². The second-order valence-electron chi connectivity index (χ2n) is 6.73. The molecular weight excluding hydrogens is 322 g/mol. The molecule has 7 heteroatoms. The highest BCUT2D eigenvalue weighted by Gasteiger charge is 2.27. The van der Waals surface area contributed by atoms with Gasteiger partial charge in [0.2, 0.25) is 0 Å². The average molecular weight is 347 g/mol. The van der Waals surface area contributed by atoms with Gasteiger partial charge in [-0.25, -0.2) is 9.78 Å². The van der Waals surface area contributed by atoms with E-state index in [0.29, 0.717) is 12.5 Å². The number of nitrogens with zero attached hydrogens (tertiary/aromatic N) is 3. The number of urea groups is 1. The summed E-state index contributed by atoms with van der Waals surface area (Å²) in [6.07, 6.45) is 2.50. The van der Waals surface area contributed by atoms with Crippen molar-refractivity contribution in [2.75, 3.05) is 0 Å². The van der Waals surface area contributed by atoms with Gasteiger partial charge in [-0.15, -0.1) is 11.3 Å². The summed E-state index contributed by atoms with van der Waals surface area (Å²) >= 11 is 1.70. The molecule has 0 unspecified atom stereocenters. The van der Waals surface area contributed by atoms with Crippen LogP contribution in [0.3, 0.4) is 0 Å². The lowest BCUT2D eigenvalue weighted by molar-refractivity contribution is 0.233. The molecule has 0 spiro atoms. The first-order valence-electron chi connectivity index (χ1n) is 8.45. The third-order valence-corrected chi connectivity index (χ3v) is 5.21. The number of rotatable bonds is 6. The summed E-state index contributed by atoms with van der Waals surface area (Å²) in [6, 6.07) is 1.77. The van der Waals surface area contributed by atoms with Gasteiger partial charge in [0, 0.05) is 23.0 Å². The van der Waals surface area contributed by atoms with Gasteiger partial charge in [0.15, 0.2) is 0 Å². The van der Waals surface area contributed by atoms with Crippen molar-refractivity contribution in [2.45, 2.75) is 65.1 Å². The zero-order chi connectivity index (χ0) is 17.3. The molecule has 0 radical (unpaired) electrons. The van der Waals surface area contributed by atoms with Gasteiger partial charge in [-0.1, -0.05) is 0 Å². The lowest BCUT2D eigenvalue weighted by Crippen LogP contribution is -2.43. The molecule has 1 aliphatic carbocycles. The van der Waals surface area contributed by atoms with Crippen LogP contribution in [0.2, 0.25) is 0 Å². The summed E-state index contributed by atoms with van der Waals surface area (Å²) in [5.41, 5.74) is 3.04. The van der Waals surface area contributed by atoms with E-state index in [9.17, 15) is 4.79 Å². The molecule has 2 atom stereocenters. The lowest BCUT2D eigenvalue weighted by atomic mass is 10.2. The van der Waals surface area contributed by atoms with E-state index in [-0.39, 0.29) is 18.1 Å². The predicted octanol–water partition coefficient (Wildman–Crippen LogP) is 3.28. The van der Waals surface area contributed by atoms with Gasteiger partial charge in [-0.3, -0.25) is 4.68 Å². The van der Waals surface area contributed by atoms with Gasteiger partial charge in [0.05, 0.1) is 29.0 Å². The number of thiazole rings is 1. The molecule has 0 aromatic carbocycles. The Labute approximate surface area is 146 Å². The quantitative estimate of drug-likeness (QED) is 0.842. The molecule has 3 rings (SSSR count). The molecule has 0 bridgehead atoms. The van der Waals surface area contributed by atoms with Gasteiger partial charge < -0.3 is 10.6 Å². The molecule has 2 heterocycles. The molecule has 1 saturated carbocycles. The van der Waals surface area contributed by atoms with E-state index in [2.05, 4.69) is 26.1 Å². The van der Waals surface area contributed by atoms with E-state index < -0.39 is 0 Å². The van der Waals surface area contributed by atoms with Crippen molar-refractivity contribution < 1.29 is 4.79 Å². The van der Waals surface area contributed by atoms with Crippen LogP contribution in [-0.2, 0) is 6.54 Å². The first-order valence-corrected chi connectivity index (χ1v) is 9.33. The van der Waals surface area contributed by atoms with Gasteiger partial charge in [0.1, 0.15) is 0 Å². The van der Waals surface area contributed by atoms with Crippen molar-refractivity contribution in [3.8, 4) is 0 Å². The summed E-state index contributed by atoms with van der Waals surface area (Å²) in [6.45, 7) is 8.60. The van der Waals surface area contributed by atoms with Crippen LogP contribution in [0.25, 0.3) is 0 Å². The molecule has 0 aliphatic heterocycles. The molecule has 2 amide bonds. The SMILES string of the molecule is Cc1cc(C)n(C[C@@H](C)NC(=O)N[C@@H](C)c2csc(C3CC3)n2)n1. The Kier molecular flexibility index (Phi) is 4.89. The summed E-state index contributed by atoms with van der Waals surface area (Å²) < 4.78 is 1.92. The molecule has 6 nitrogen and oxygen atoms in total. The zero-order valence-corrected chi connectivity index (χ0v) is 15.5. The van der Waals surface area contributed by atoms with Crippen LogP contribution in [0.1, 0.15) is 60.7 Å². The van der Waals surface area contributed by atoms with Crippen molar-refractivity contribution >= 4 is 17.4 Å². The molecule has 130 valence electrons. The molecule has 2 aromatic rings. The zero-order valence-electron chi connectivity index (χ0n) is 14.7.